The molecular formula is C22H30N4O4. The number of anilines is 1. The van der Waals surface area contributed by atoms with E-state index in [-0.39, 0.29) is 24.7 Å². The number of hydrogen-bond acceptors (Lipinski definition) is 6. The van der Waals surface area contributed by atoms with Gasteiger partial charge in [-0.15, -0.1) is 0 Å². The van der Waals surface area contributed by atoms with Crippen LogP contribution in [0.3, 0.4) is 0 Å². The maximum atomic E-state index is 12.4. The zero-order chi connectivity index (χ0) is 20.5. The van der Waals surface area contributed by atoms with Crippen LogP contribution in [-0.4, -0.2) is 43.8 Å². The number of carbonyl (C=O) groups is 2. The molecule has 0 aromatic heterocycles. The van der Waals surface area contributed by atoms with E-state index in [1.54, 1.807) is 0 Å². The molecule has 1 aromatic rings. The first-order valence-electron chi connectivity index (χ1n) is 11.1. The number of nitrogens with zero attached hydrogens (tertiary/aromatic N) is 1. The van der Waals surface area contributed by atoms with Crippen molar-refractivity contribution in [1.29, 1.82) is 0 Å². The van der Waals surface area contributed by atoms with Gasteiger partial charge in [-0.05, 0) is 61.3 Å². The second-order valence-corrected chi connectivity index (χ2v) is 8.78. The third-order valence-electron chi connectivity index (χ3n) is 6.76. The van der Waals surface area contributed by atoms with Gasteiger partial charge in [-0.3, -0.25) is 10.2 Å². The number of benzene rings is 1. The Morgan fingerprint density at radius 3 is 2.87 bits per heavy atom. The van der Waals surface area contributed by atoms with E-state index in [0.29, 0.717) is 31.5 Å². The summed E-state index contributed by atoms with van der Waals surface area (Å²) < 4.78 is 11.6. The number of hydrazine groups is 1. The first-order chi connectivity index (χ1) is 14.7. The molecule has 2 saturated heterocycles. The molecule has 2 amide bonds. The minimum Gasteiger partial charge on any atom is -0.445 e. The fourth-order valence-corrected chi connectivity index (χ4v) is 5.25. The lowest BCUT2D eigenvalue weighted by Gasteiger charge is -2.33. The zero-order valence-corrected chi connectivity index (χ0v) is 17.2. The lowest BCUT2D eigenvalue weighted by Crippen LogP contribution is -2.37. The number of alkyl carbamates (subject to hydrolysis) is 1. The molecule has 0 spiro atoms. The molecule has 3 N–H and O–H groups in total. The first kappa shape index (κ1) is 19.8. The van der Waals surface area contributed by atoms with E-state index in [2.05, 4.69) is 28.3 Å². The van der Waals surface area contributed by atoms with E-state index >= 15 is 0 Å². The van der Waals surface area contributed by atoms with Gasteiger partial charge in [-0.2, -0.15) is 0 Å². The molecule has 162 valence electrons. The molecule has 1 aromatic carbocycles. The minimum atomic E-state index is -0.423. The predicted molar refractivity (Wildman–Crippen MR) is 111 cm³/mol. The average Bonchev–Trinajstić information content (AvgIpc) is 3.37. The molecule has 3 heterocycles. The molecular weight excluding hydrogens is 384 g/mol. The van der Waals surface area contributed by atoms with Crippen LogP contribution in [0.15, 0.2) is 18.2 Å². The van der Waals surface area contributed by atoms with Gasteiger partial charge in [0.15, 0.2) is 0 Å². The summed E-state index contributed by atoms with van der Waals surface area (Å²) in [4.78, 5) is 26.3. The summed E-state index contributed by atoms with van der Waals surface area (Å²) >= 11 is 0. The molecule has 4 aliphatic rings. The highest BCUT2D eigenvalue weighted by Crippen LogP contribution is 2.40. The SMILES string of the molecule is O=C1NCCCOC2CCC3NNC(c4cc(cc(N5CCCC5=O)c4)CO1)C3C2. The summed E-state index contributed by atoms with van der Waals surface area (Å²) in [5.41, 5.74) is 9.90. The number of ether oxygens (including phenoxy) is 2. The van der Waals surface area contributed by atoms with Gasteiger partial charge in [0, 0.05) is 37.8 Å². The Hall–Kier alpha value is -2.16. The van der Waals surface area contributed by atoms with E-state index in [1.807, 2.05) is 11.0 Å². The number of hydrogen-bond donors (Lipinski definition) is 3. The molecule has 5 rings (SSSR count). The first-order valence-corrected chi connectivity index (χ1v) is 11.1. The molecule has 1 saturated carbocycles. The van der Waals surface area contributed by atoms with Crippen LogP contribution in [-0.2, 0) is 20.9 Å². The van der Waals surface area contributed by atoms with Crippen molar-refractivity contribution < 1.29 is 19.1 Å². The van der Waals surface area contributed by atoms with Crippen molar-refractivity contribution in [3.8, 4) is 0 Å². The Balaban J connectivity index is 1.48. The second kappa shape index (κ2) is 8.53. The molecule has 4 bridgehead atoms. The van der Waals surface area contributed by atoms with Gasteiger partial charge in [0.05, 0.1) is 12.1 Å². The topological polar surface area (TPSA) is 91.9 Å². The van der Waals surface area contributed by atoms with Crippen LogP contribution in [0.25, 0.3) is 0 Å². The number of amides is 2. The van der Waals surface area contributed by atoms with Crippen molar-refractivity contribution >= 4 is 17.7 Å². The second-order valence-electron chi connectivity index (χ2n) is 8.78. The van der Waals surface area contributed by atoms with Crippen LogP contribution >= 0.6 is 0 Å². The van der Waals surface area contributed by atoms with Gasteiger partial charge in [0.2, 0.25) is 5.91 Å². The monoisotopic (exact) mass is 414 g/mol. The summed E-state index contributed by atoms with van der Waals surface area (Å²) in [6.45, 7) is 2.10. The van der Waals surface area contributed by atoms with Crippen LogP contribution in [0, 0.1) is 5.92 Å². The fourth-order valence-electron chi connectivity index (χ4n) is 5.25. The number of cyclic esters (lactones) is 1. The summed E-state index contributed by atoms with van der Waals surface area (Å²) in [5, 5.41) is 2.79. The molecule has 3 aliphatic heterocycles. The maximum Gasteiger partial charge on any atom is 0.407 e. The maximum absolute atomic E-state index is 12.4. The van der Waals surface area contributed by atoms with Crippen molar-refractivity contribution in [2.24, 2.45) is 5.92 Å². The number of carbonyl (C=O) groups excluding carboxylic acids is 2. The highest BCUT2D eigenvalue weighted by molar-refractivity contribution is 5.95. The quantitative estimate of drug-likeness (QED) is 0.652. The third kappa shape index (κ3) is 4.04. The van der Waals surface area contributed by atoms with Gasteiger partial charge in [0.25, 0.3) is 0 Å². The molecule has 8 heteroatoms. The van der Waals surface area contributed by atoms with Crippen molar-refractivity contribution in [3.63, 3.8) is 0 Å². The lowest BCUT2D eigenvalue weighted by atomic mass is 9.78. The Morgan fingerprint density at radius 2 is 2.00 bits per heavy atom. The third-order valence-corrected chi connectivity index (χ3v) is 6.76. The highest BCUT2D eigenvalue weighted by atomic mass is 16.5. The average molecular weight is 415 g/mol. The molecule has 4 unspecified atom stereocenters. The van der Waals surface area contributed by atoms with E-state index in [0.717, 1.165) is 55.5 Å². The Labute approximate surface area is 176 Å². The van der Waals surface area contributed by atoms with Crippen molar-refractivity contribution in [1.82, 2.24) is 16.2 Å². The van der Waals surface area contributed by atoms with Gasteiger partial charge in [-0.1, -0.05) is 6.07 Å². The standard InChI is InChI=1S/C22H30N4O4/c27-20-3-1-7-26(20)16-10-14-9-15(11-16)21-18-12-17(4-5-19(18)24-25-21)29-8-2-6-23-22(28)30-13-14/h9-11,17-19,21,24-25H,1-8,12-13H2,(H,23,28). The van der Waals surface area contributed by atoms with Crippen LogP contribution in [0.2, 0.25) is 0 Å². The molecule has 8 nitrogen and oxygen atoms in total. The molecule has 30 heavy (non-hydrogen) atoms. The number of nitrogens with one attached hydrogen (secondary N) is 3. The molecule has 3 fully saturated rings. The van der Waals surface area contributed by atoms with Gasteiger partial charge in [0.1, 0.15) is 6.61 Å². The Morgan fingerprint density at radius 1 is 1.07 bits per heavy atom. The van der Waals surface area contributed by atoms with Gasteiger partial charge >= 0.3 is 6.09 Å². The Bertz CT molecular complexity index is 816. The van der Waals surface area contributed by atoms with Gasteiger partial charge in [-0.25, -0.2) is 10.2 Å². The smallest absolute Gasteiger partial charge is 0.407 e. The van der Waals surface area contributed by atoms with Crippen LogP contribution in [0.5, 0.6) is 0 Å². The van der Waals surface area contributed by atoms with E-state index in [1.165, 1.54) is 0 Å². The largest absolute Gasteiger partial charge is 0.445 e. The molecule has 0 radical (unpaired) electrons. The number of fused-ring (bicyclic) bond motifs is 4. The highest BCUT2D eigenvalue weighted by Gasteiger charge is 2.41. The Kier molecular flexibility index (Phi) is 5.62. The van der Waals surface area contributed by atoms with E-state index in [9.17, 15) is 9.59 Å². The minimum absolute atomic E-state index is 0.136. The summed E-state index contributed by atoms with van der Waals surface area (Å²) in [6.07, 6.45) is 5.19. The van der Waals surface area contributed by atoms with Crippen LogP contribution in [0.4, 0.5) is 10.5 Å². The normalized spacial score (nSPS) is 32.2. The lowest BCUT2D eigenvalue weighted by molar-refractivity contribution is -0.117. The zero-order valence-electron chi connectivity index (χ0n) is 17.2. The summed E-state index contributed by atoms with van der Waals surface area (Å²) in [6, 6.07) is 6.76. The predicted octanol–water partition coefficient (Wildman–Crippen LogP) is 2.15. The van der Waals surface area contributed by atoms with Gasteiger partial charge < -0.3 is 19.7 Å². The molecule has 1 aliphatic carbocycles. The van der Waals surface area contributed by atoms with Crippen LogP contribution in [0.1, 0.15) is 55.7 Å². The van der Waals surface area contributed by atoms with E-state index < -0.39 is 6.09 Å². The fraction of sp³-hybridized carbons (Fsp3) is 0.636. The number of rotatable bonds is 1. The van der Waals surface area contributed by atoms with Crippen LogP contribution < -0.4 is 21.1 Å². The van der Waals surface area contributed by atoms with Crippen molar-refractivity contribution in [2.75, 3.05) is 24.6 Å². The van der Waals surface area contributed by atoms with Crippen molar-refractivity contribution in [3.05, 3.63) is 29.3 Å². The van der Waals surface area contributed by atoms with E-state index in [4.69, 9.17) is 9.47 Å². The summed E-state index contributed by atoms with van der Waals surface area (Å²) in [5.74, 6) is 0.580. The molecule has 4 atom stereocenters. The summed E-state index contributed by atoms with van der Waals surface area (Å²) in [7, 11) is 0. The van der Waals surface area contributed by atoms with Crippen molar-refractivity contribution in [2.45, 2.75) is 63.3 Å².